The molecule has 0 aliphatic rings. The first-order valence-corrected chi connectivity index (χ1v) is 6.81. The molecule has 0 saturated carbocycles. The van der Waals surface area contributed by atoms with E-state index in [9.17, 15) is 9.90 Å². The van der Waals surface area contributed by atoms with Gasteiger partial charge in [-0.3, -0.25) is 0 Å². The fourth-order valence-electron chi connectivity index (χ4n) is 2.10. The van der Waals surface area contributed by atoms with Gasteiger partial charge in [0.15, 0.2) is 0 Å². The number of benzene rings is 2. The molecule has 0 heterocycles. The molecule has 4 nitrogen and oxygen atoms in total. The van der Waals surface area contributed by atoms with E-state index in [4.69, 9.17) is 22.1 Å². The predicted molar refractivity (Wildman–Crippen MR) is 78.8 cm³/mol. The summed E-state index contributed by atoms with van der Waals surface area (Å²) in [4.78, 5) is 10.9. The van der Waals surface area contributed by atoms with E-state index >= 15 is 0 Å². The Balaban J connectivity index is 2.21. The molecular formula is C15H16ClNO3. The molecule has 0 aliphatic heterocycles. The third-order valence-electron chi connectivity index (χ3n) is 3.11. The van der Waals surface area contributed by atoms with E-state index in [2.05, 4.69) is 0 Å². The monoisotopic (exact) mass is 293 g/mol. The zero-order valence-electron chi connectivity index (χ0n) is 10.8. The lowest BCUT2D eigenvalue weighted by atomic mass is 10.0. The minimum absolute atomic E-state index is 0.0223. The normalized spacial score (nSPS) is 13.9. The molecule has 0 aliphatic carbocycles. The number of fused-ring (bicyclic) bond motifs is 1. The van der Waals surface area contributed by atoms with Crippen LogP contribution in [0.15, 0.2) is 42.5 Å². The summed E-state index contributed by atoms with van der Waals surface area (Å²) >= 11 is 5.61. The highest BCUT2D eigenvalue weighted by molar-refractivity contribution is 6.18. The van der Waals surface area contributed by atoms with Crippen LogP contribution >= 0.6 is 11.6 Å². The van der Waals surface area contributed by atoms with Crippen molar-refractivity contribution in [1.29, 1.82) is 0 Å². The maximum atomic E-state index is 10.9. The van der Waals surface area contributed by atoms with Crippen molar-refractivity contribution in [1.82, 2.24) is 0 Å². The second-order valence-electron chi connectivity index (χ2n) is 4.58. The van der Waals surface area contributed by atoms with Crippen molar-refractivity contribution in [2.24, 2.45) is 5.73 Å². The molecule has 5 heteroatoms. The standard InChI is InChI=1S/C15H16ClNO3/c16-9-13(18)14(20-15(17)19)8-10-5-6-11-3-1-2-4-12(11)7-10/h1-7,13-14,18H,8-9H2,(H2,17,19)/t13-,14+/m1/s1. The zero-order valence-corrected chi connectivity index (χ0v) is 11.6. The molecule has 0 spiro atoms. The lowest BCUT2D eigenvalue weighted by molar-refractivity contribution is 0.0181. The molecular weight excluding hydrogens is 278 g/mol. The Morgan fingerprint density at radius 2 is 1.95 bits per heavy atom. The second-order valence-corrected chi connectivity index (χ2v) is 4.89. The van der Waals surface area contributed by atoms with Crippen molar-refractivity contribution >= 4 is 28.5 Å². The number of aliphatic hydroxyl groups is 1. The van der Waals surface area contributed by atoms with Gasteiger partial charge >= 0.3 is 6.09 Å². The molecule has 20 heavy (non-hydrogen) atoms. The highest BCUT2D eigenvalue weighted by Gasteiger charge is 2.22. The molecule has 1 amide bonds. The molecule has 2 atom stereocenters. The molecule has 106 valence electrons. The first-order chi connectivity index (χ1) is 9.60. The van der Waals surface area contributed by atoms with Crippen LogP contribution in [0.1, 0.15) is 5.56 Å². The fraction of sp³-hybridized carbons (Fsp3) is 0.267. The van der Waals surface area contributed by atoms with Crippen molar-refractivity contribution in [2.45, 2.75) is 18.6 Å². The van der Waals surface area contributed by atoms with Gasteiger partial charge in [-0.1, -0.05) is 42.5 Å². The predicted octanol–water partition coefficient (Wildman–Crippen LogP) is 2.45. The Kier molecular flexibility index (Phi) is 4.82. The van der Waals surface area contributed by atoms with Gasteiger partial charge in [0.2, 0.25) is 0 Å². The van der Waals surface area contributed by atoms with E-state index in [0.29, 0.717) is 6.42 Å². The molecule has 2 aromatic rings. The number of rotatable bonds is 5. The number of hydrogen-bond donors (Lipinski definition) is 2. The lowest BCUT2D eigenvalue weighted by Crippen LogP contribution is -2.36. The lowest BCUT2D eigenvalue weighted by Gasteiger charge is -2.20. The summed E-state index contributed by atoms with van der Waals surface area (Å²) in [5.41, 5.74) is 5.96. The number of carbonyl (C=O) groups excluding carboxylic acids is 1. The molecule has 0 radical (unpaired) electrons. The van der Waals surface area contributed by atoms with Gasteiger partial charge in [0, 0.05) is 6.42 Å². The van der Waals surface area contributed by atoms with E-state index in [1.165, 1.54) is 0 Å². The van der Waals surface area contributed by atoms with Gasteiger partial charge in [0.25, 0.3) is 0 Å². The molecule has 2 rings (SSSR count). The summed E-state index contributed by atoms with van der Waals surface area (Å²) in [6.07, 6.45) is -2.25. The van der Waals surface area contributed by atoms with Crippen LogP contribution in [0, 0.1) is 0 Å². The summed E-state index contributed by atoms with van der Waals surface area (Å²) in [6.45, 7) is 0. The maximum absolute atomic E-state index is 10.9. The molecule has 0 bridgehead atoms. The summed E-state index contributed by atoms with van der Waals surface area (Å²) in [7, 11) is 0. The number of ether oxygens (including phenoxy) is 1. The van der Waals surface area contributed by atoms with Crippen LogP contribution in [-0.2, 0) is 11.2 Å². The fourth-order valence-corrected chi connectivity index (χ4v) is 2.30. The van der Waals surface area contributed by atoms with E-state index in [1.54, 1.807) is 0 Å². The summed E-state index contributed by atoms with van der Waals surface area (Å²) in [5, 5.41) is 12.0. The van der Waals surface area contributed by atoms with Crippen molar-refractivity contribution in [3.05, 3.63) is 48.0 Å². The number of nitrogens with two attached hydrogens (primary N) is 1. The highest BCUT2D eigenvalue weighted by atomic mass is 35.5. The Bertz CT molecular complexity index is 602. The quantitative estimate of drug-likeness (QED) is 0.832. The van der Waals surface area contributed by atoms with E-state index in [0.717, 1.165) is 16.3 Å². The van der Waals surface area contributed by atoms with Crippen molar-refractivity contribution in [3.63, 3.8) is 0 Å². The van der Waals surface area contributed by atoms with Crippen LogP contribution in [0.2, 0.25) is 0 Å². The molecule has 0 unspecified atom stereocenters. The third kappa shape index (κ3) is 3.62. The molecule has 0 saturated heterocycles. The summed E-state index contributed by atoms with van der Waals surface area (Å²) in [6, 6.07) is 13.9. The van der Waals surface area contributed by atoms with Gasteiger partial charge in [-0.15, -0.1) is 11.6 Å². The number of hydrogen-bond acceptors (Lipinski definition) is 3. The molecule has 0 aromatic heterocycles. The maximum Gasteiger partial charge on any atom is 0.404 e. The summed E-state index contributed by atoms with van der Waals surface area (Å²) < 4.78 is 4.92. The highest BCUT2D eigenvalue weighted by Crippen LogP contribution is 2.18. The topological polar surface area (TPSA) is 72.6 Å². The number of halogens is 1. The largest absolute Gasteiger partial charge is 0.443 e. The van der Waals surface area contributed by atoms with Gasteiger partial charge < -0.3 is 15.6 Å². The smallest absolute Gasteiger partial charge is 0.404 e. The molecule has 2 aromatic carbocycles. The first-order valence-electron chi connectivity index (χ1n) is 6.28. The van der Waals surface area contributed by atoms with Crippen LogP contribution < -0.4 is 5.73 Å². The first kappa shape index (κ1) is 14.6. The van der Waals surface area contributed by atoms with Gasteiger partial charge in [0.05, 0.1) is 5.88 Å². The van der Waals surface area contributed by atoms with E-state index < -0.39 is 18.3 Å². The Hall–Kier alpha value is -1.78. The number of amides is 1. The number of aliphatic hydroxyl groups excluding tert-OH is 1. The molecule has 3 N–H and O–H groups in total. The van der Waals surface area contributed by atoms with Crippen molar-refractivity contribution in [3.8, 4) is 0 Å². The minimum Gasteiger partial charge on any atom is -0.443 e. The Morgan fingerprint density at radius 1 is 1.25 bits per heavy atom. The van der Waals surface area contributed by atoms with Crippen molar-refractivity contribution < 1.29 is 14.6 Å². The minimum atomic E-state index is -0.948. The SMILES string of the molecule is NC(=O)O[C@@H](Cc1ccc2ccccc2c1)[C@H](O)CCl. The Labute approximate surface area is 122 Å². The van der Waals surface area contributed by atoms with Gasteiger partial charge in [-0.05, 0) is 16.3 Å². The van der Waals surface area contributed by atoms with Crippen LogP contribution in [0.25, 0.3) is 10.8 Å². The number of carbonyl (C=O) groups is 1. The second kappa shape index (κ2) is 6.59. The van der Waals surface area contributed by atoms with Crippen molar-refractivity contribution in [2.75, 3.05) is 5.88 Å². The van der Waals surface area contributed by atoms with Crippen LogP contribution in [0.4, 0.5) is 4.79 Å². The molecule has 0 fully saturated rings. The average molecular weight is 294 g/mol. The number of alkyl halides is 1. The van der Waals surface area contributed by atoms with E-state index in [-0.39, 0.29) is 5.88 Å². The zero-order chi connectivity index (χ0) is 14.5. The van der Waals surface area contributed by atoms with Gasteiger partial charge in [-0.25, -0.2) is 4.79 Å². The Morgan fingerprint density at radius 3 is 2.60 bits per heavy atom. The van der Waals surface area contributed by atoms with E-state index in [1.807, 2.05) is 42.5 Å². The van der Waals surface area contributed by atoms with Crippen LogP contribution in [0.3, 0.4) is 0 Å². The average Bonchev–Trinajstić information content (AvgIpc) is 2.45. The third-order valence-corrected chi connectivity index (χ3v) is 3.42. The summed E-state index contributed by atoms with van der Waals surface area (Å²) in [5.74, 6) is -0.0223. The van der Waals surface area contributed by atoms with Gasteiger partial charge in [0.1, 0.15) is 12.2 Å². The van der Waals surface area contributed by atoms with Crippen LogP contribution in [-0.4, -0.2) is 29.3 Å². The van der Waals surface area contributed by atoms with Crippen LogP contribution in [0.5, 0.6) is 0 Å². The number of primary amides is 1. The van der Waals surface area contributed by atoms with Gasteiger partial charge in [-0.2, -0.15) is 0 Å².